The van der Waals surface area contributed by atoms with Crippen molar-refractivity contribution in [3.8, 4) is 0 Å². The van der Waals surface area contributed by atoms with E-state index in [4.69, 9.17) is 4.74 Å². The molecule has 0 aliphatic carbocycles. The third-order valence-corrected chi connectivity index (χ3v) is 9.07. The summed E-state index contributed by atoms with van der Waals surface area (Å²) in [6.07, 6.45) is 0.390. The molecule has 3 aromatic rings. The Bertz CT molecular complexity index is 1240. The Morgan fingerprint density at radius 3 is 2.66 bits per heavy atom. The second kappa shape index (κ2) is 9.66. The zero-order valence-electron chi connectivity index (χ0n) is 16.9. The minimum Gasteiger partial charge on any atom is -0.457 e. The molecule has 0 N–H and O–H groups in total. The van der Waals surface area contributed by atoms with E-state index in [1.165, 1.54) is 4.31 Å². The largest absolute Gasteiger partial charge is 0.457 e. The fourth-order valence-corrected chi connectivity index (χ4v) is 6.89. The van der Waals surface area contributed by atoms with Crippen LogP contribution >= 0.6 is 27.3 Å². The highest BCUT2D eigenvalue weighted by atomic mass is 79.9. The number of esters is 1. The van der Waals surface area contributed by atoms with E-state index in [0.717, 1.165) is 26.9 Å². The van der Waals surface area contributed by atoms with Gasteiger partial charge in [0, 0.05) is 16.6 Å². The second-order valence-corrected chi connectivity index (χ2v) is 11.3. The summed E-state index contributed by atoms with van der Waals surface area (Å²) in [5, 5.41) is 1.71. The van der Waals surface area contributed by atoms with Crippen LogP contribution in [0.2, 0.25) is 0 Å². The Balaban J connectivity index is 1.53. The molecule has 4 rings (SSSR count). The molecule has 1 aromatic heterocycles. The van der Waals surface area contributed by atoms with Gasteiger partial charge in [0.05, 0.1) is 12.5 Å². The van der Waals surface area contributed by atoms with Crippen molar-refractivity contribution in [3.05, 3.63) is 87.2 Å². The van der Waals surface area contributed by atoms with Crippen molar-refractivity contribution < 1.29 is 22.7 Å². The van der Waals surface area contributed by atoms with Crippen LogP contribution in [0.5, 0.6) is 0 Å². The molecule has 166 valence electrons. The van der Waals surface area contributed by atoms with Crippen molar-refractivity contribution in [2.75, 3.05) is 13.2 Å². The predicted molar refractivity (Wildman–Crippen MR) is 125 cm³/mol. The smallest absolute Gasteiger partial charge is 0.308 e. The number of carbonyl (C=O) groups is 2. The molecule has 1 aliphatic heterocycles. The van der Waals surface area contributed by atoms with Gasteiger partial charge in [-0.05, 0) is 41.1 Å². The second-order valence-electron chi connectivity index (χ2n) is 7.31. The van der Waals surface area contributed by atoms with Gasteiger partial charge in [0.15, 0.2) is 12.4 Å². The molecule has 0 spiro atoms. The number of carbonyl (C=O) groups excluding carboxylic acids is 2. The van der Waals surface area contributed by atoms with Crippen molar-refractivity contribution in [2.45, 2.75) is 23.1 Å². The molecule has 32 heavy (non-hydrogen) atoms. The van der Waals surface area contributed by atoms with Crippen LogP contribution in [0.3, 0.4) is 0 Å². The Kier molecular flexibility index (Phi) is 6.90. The molecular weight excluding hydrogens is 514 g/mol. The SMILES string of the molecule is O=C(C[C@@H]1c2ccccc2CCN1S(=O)(=O)c1cccs1)OCC(=O)c1cccc(Br)c1. The van der Waals surface area contributed by atoms with Crippen molar-refractivity contribution in [3.63, 3.8) is 0 Å². The Labute approximate surface area is 199 Å². The minimum absolute atomic E-state index is 0.173. The summed E-state index contributed by atoms with van der Waals surface area (Å²) in [5.74, 6) is -0.951. The van der Waals surface area contributed by atoms with Crippen LogP contribution in [0.4, 0.5) is 0 Å². The molecule has 0 unspecified atom stereocenters. The highest BCUT2D eigenvalue weighted by Crippen LogP contribution is 2.37. The fraction of sp³-hybridized carbons (Fsp3) is 0.217. The van der Waals surface area contributed by atoms with Crippen LogP contribution in [0, 0.1) is 0 Å². The number of rotatable bonds is 7. The summed E-state index contributed by atoms with van der Waals surface area (Å²) in [7, 11) is -3.76. The van der Waals surface area contributed by atoms with Crippen molar-refractivity contribution in [2.24, 2.45) is 0 Å². The third kappa shape index (κ3) is 4.85. The molecule has 0 fully saturated rings. The van der Waals surface area contributed by atoms with Gasteiger partial charge >= 0.3 is 5.97 Å². The molecular formula is C23H20BrNO5S2. The lowest BCUT2D eigenvalue weighted by atomic mass is 9.92. The lowest BCUT2D eigenvalue weighted by molar-refractivity contribution is -0.143. The topological polar surface area (TPSA) is 80.8 Å². The number of Topliss-reactive ketones (excluding diaryl/α,β-unsaturated/α-hetero) is 1. The van der Waals surface area contributed by atoms with Crippen LogP contribution in [0.15, 0.2) is 74.7 Å². The average Bonchev–Trinajstić information content (AvgIpc) is 3.33. The number of ether oxygens (including phenoxy) is 1. The van der Waals surface area contributed by atoms with E-state index < -0.39 is 28.6 Å². The molecule has 0 radical (unpaired) electrons. The number of hydrogen-bond acceptors (Lipinski definition) is 6. The zero-order valence-corrected chi connectivity index (χ0v) is 20.2. The monoisotopic (exact) mass is 533 g/mol. The van der Waals surface area contributed by atoms with Gasteiger partial charge in [-0.15, -0.1) is 11.3 Å². The fourth-order valence-electron chi connectivity index (χ4n) is 3.76. The molecule has 0 amide bonds. The van der Waals surface area contributed by atoms with E-state index in [-0.39, 0.29) is 23.0 Å². The highest BCUT2D eigenvalue weighted by Gasteiger charge is 2.38. The van der Waals surface area contributed by atoms with Crippen LogP contribution < -0.4 is 0 Å². The van der Waals surface area contributed by atoms with Gasteiger partial charge in [-0.25, -0.2) is 8.42 Å². The Morgan fingerprint density at radius 2 is 1.91 bits per heavy atom. The molecule has 2 heterocycles. The maximum absolute atomic E-state index is 13.3. The summed E-state index contributed by atoms with van der Waals surface area (Å²) in [4.78, 5) is 25.0. The molecule has 6 nitrogen and oxygen atoms in total. The first-order valence-electron chi connectivity index (χ1n) is 9.94. The first kappa shape index (κ1) is 22.8. The number of fused-ring (bicyclic) bond motifs is 1. The molecule has 0 bridgehead atoms. The average molecular weight is 534 g/mol. The number of benzene rings is 2. The maximum atomic E-state index is 13.3. The predicted octanol–water partition coefficient (Wildman–Crippen LogP) is 4.61. The van der Waals surface area contributed by atoms with Gasteiger partial charge in [-0.2, -0.15) is 4.31 Å². The van der Waals surface area contributed by atoms with Crippen molar-refractivity contribution >= 4 is 49.0 Å². The van der Waals surface area contributed by atoms with E-state index in [0.29, 0.717) is 12.0 Å². The van der Waals surface area contributed by atoms with Gasteiger partial charge in [-0.3, -0.25) is 9.59 Å². The van der Waals surface area contributed by atoms with E-state index in [1.807, 2.05) is 24.3 Å². The quantitative estimate of drug-likeness (QED) is 0.327. The number of nitrogens with zero attached hydrogens (tertiary/aromatic N) is 1. The summed E-state index contributed by atoms with van der Waals surface area (Å²) >= 11 is 4.46. The van der Waals surface area contributed by atoms with E-state index >= 15 is 0 Å². The summed E-state index contributed by atoms with van der Waals surface area (Å²) in [6, 6.07) is 16.9. The molecule has 9 heteroatoms. The normalized spacial score (nSPS) is 16.3. The van der Waals surface area contributed by atoms with E-state index in [2.05, 4.69) is 15.9 Å². The highest BCUT2D eigenvalue weighted by molar-refractivity contribution is 9.10. The minimum atomic E-state index is -3.76. The zero-order chi connectivity index (χ0) is 22.7. The standard InChI is InChI=1S/C23H20BrNO5S2/c24-18-7-3-6-17(13-18)21(26)15-30-22(27)14-20-19-8-2-1-5-16(19)10-11-25(20)32(28,29)23-9-4-12-31-23/h1-9,12-13,20H,10-11,14-15H2/t20-/m1/s1. The van der Waals surface area contributed by atoms with Crippen LogP contribution in [-0.4, -0.2) is 37.6 Å². The van der Waals surface area contributed by atoms with Gasteiger partial charge < -0.3 is 4.74 Å². The summed E-state index contributed by atoms with van der Waals surface area (Å²) in [5.41, 5.74) is 2.22. The lowest BCUT2D eigenvalue weighted by Gasteiger charge is -2.35. The van der Waals surface area contributed by atoms with Crippen molar-refractivity contribution in [1.29, 1.82) is 0 Å². The van der Waals surface area contributed by atoms with Crippen LogP contribution in [0.1, 0.15) is 33.9 Å². The van der Waals surface area contributed by atoms with Crippen LogP contribution in [0.25, 0.3) is 0 Å². The Morgan fingerprint density at radius 1 is 1.09 bits per heavy atom. The van der Waals surface area contributed by atoms with E-state index in [1.54, 1.807) is 41.8 Å². The number of thiophene rings is 1. The van der Waals surface area contributed by atoms with Crippen LogP contribution in [-0.2, 0) is 26.0 Å². The molecule has 1 aliphatic rings. The van der Waals surface area contributed by atoms with Gasteiger partial charge in [-0.1, -0.05) is 58.4 Å². The summed E-state index contributed by atoms with van der Waals surface area (Å²) in [6.45, 7) is -0.131. The Hall–Kier alpha value is -2.33. The lowest BCUT2D eigenvalue weighted by Crippen LogP contribution is -2.41. The number of sulfonamides is 1. The third-order valence-electron chi connectivity index (χ3n) is 5.29. The maximum Gasteiger partial charge on any atom is 0.308 e. The molecule has 2 aromatic carbocycles. The van der Waals surface area contributed by atoms with Gasteiger partial charge in [0.1, 0.15) is 4.21 Å². The van der Waals surface area contributed by atoms with Crippen molar-refractivity contribution in [1.82, 2.24) is 4.31 Å². The molecule has 1 atom stereocenters. The first-order valence-corrected chi connectivity index (χ1v) is 13.0. The number of ketones is 1. The van der Waals surface area contributed by atoms with Gasteiger partial charge in [0.2, 0.25) is 0 Å². The summed E-state index contributed by atoms with van der Waals surface area (Å²) < 4.78 is 34.1. The first-order chi connectivity index (χ1) is 15.4. The number of halogens is 1. The number of hydrogen-bond donors (Lipinski definition) is 0. The van der Waals surface area contributed by atoms with E-state index in [9.17, 15) is 18.0 Å². The molecule has 0 saturated heterocycles. The molecule has 0 saturated carbocycles. The van der Waals surface area contributed by atoms with Gasteiger partial charge in [0.25, 0.3) is 10.0 Å².